The Morgan fingerprint density at radius 1 is 1.07 bits per heavy atom. The third-order valence-corrected chi connectivity index (χ3v) is 5.29. The molecule has 0 unspecified atom stereocenters. The molecule has 6 nitrogen and oxygen atoms in total. The van der Waals surface area contributed by atoms with E-state index in [1.807, 2.05) is 47.4 Å². The zero-order valence-electron chi connectivity index (χ0n) is 15.5. The second-order valence-electron chi connectivity index (χ2n) is 7.04. The lowest BCUT2D eigenvalue weighted by molar-refractivity contribution is -0.120. The van der Waals surface area contributed by atoms with Crippen molar-refractivity contribution in [3.05, 3.63) is 59.6 Å². The number of halogens is 1. The van der Waals surface area contributed by atoms with Crippen LogP contribution in [-0.2, 0) is 11.3 Å². The molecule has 1 saturated carbocycles. The number of rotatable bonds is 5. The van der Waals surface area contributed by atoms with Crippen molar-refractivity contribution in [2.45, 2.75) is 44.7 Å². The summed E-state index contributed by atoms with van der Waals surface area (Å²) in [5.74, 6) is 0.437. The highest BCUT2D eigenvalue weighted by molar-refractivity contribution is 6.30. The van der Waals surface area contributed by atoms with Crippen LogP contribution in [0.25, 0.3) is 11.4 Å². The van der Waals surface area contributed by atoms with E-state index in [0.29, 0.717) is 10.8 Å². The van der Waals surface area contributed by atoms with Gasteiger partial charge in [0.1, 0.15) is 6.54 Å². The first kappa shape index (κ1) is 18.6. The van der Waals surface area contributed by atoms with E-state index < -0.39 is 0 Å². The molecule has 0 bridgehead atoms. The first-order valence-corrected chi connectivity index (χ1v) is 9.99. The summed E-state index contributed by atoms with van der Waals surface area (Å²) in [4.78, 5) is 16.5. The van der Waals surface area contributed by atoms with Crippen LogP contribution >= 0.6 is 11.6 Å². The number of tetrazole rings is 1. The predicted molar refractivity (Wildman–Crippen MR) is 109 cm³/mol. The molecule has 3 aromatic rings. The summed E-state index contributed by atoms with van der Waals surface area (Å²) in [5.41, 5.74) is 1.70. The highest BCUT2D eigenvalue weighted by atomic mass is 35.5. The minimum atomic E-state index is -0.0202. The first-order valence-electron chi connectivity index (χ1n) is 9.61. The third kappa shape index (κ3) is 4.22. The van der Waals surface area contributed by atoms with E-state index in [2.05, 4.69) is 15.4 Å². The number of anilines is 1. The molecular formula is C21H22ClN5O. The van der Waals surface area contributed by atoms with Gasteiger partial charge in [-0.05, 0) is 42.3 Å². The van der Waals surface area contributed by atoms with Crippen molar-refractivity contribution in [3.63, 3.8) is 0 Å². The van der Waals surface area contributed by atoms with E-state index in [4.69, 9.17) is 11.6 Å². The SMILES string of the molecule is O=C(Cn1nnc(-c2cccc(Cl)c2)n1)N(c1ccccc1)C1CCCCC1. The fourth-order valence-electron chi connectivity index (χ4n) is 3.74. The zero-order valence-corrected chi connectivity index (χ0v) is 16.3. The van der Waals surface area contributed by atoms with Crippen LogP contribution in [-0.4, -0.2) is 32.2 Å². The summed E-state index contributed by atoms with van der Waals surface area (Å²) < 4.78 is 0. The summed E-state index contributed by atoms with van der Waals surface area (Å²) in [7, 11) is 0. The van der Waals surface area contributed by atoms with Gasteiger partial charge in [0, 0.05) is 22.3 Å². The molecule has 1 heterocycles. The summed E-state index contributed by atoms with van der Waals surface area (Å²) in [5, 5.41) is 13.1. The van der Waals surface area contributed by atoms with Crippen molar-refractivity contribution in [1.29, 1.82) is 0 Å². The summed E-state index contributed by atoms with van der Waals surface area (Å²) >= 11 is 6.04. The quantitative estimate of drug-likeness (QED) is 0.643. The zero-order chi connectivity index (χ0) is 19.3. The molecule has 0 N–H and O–H groups in total. The van der Waals surface area contributed by atoms with Crippen molar-refractivity contribution < 1.29 is 4.79 Å². The molecule has 4 rings (SSSR count). The normalized spacial score (nSPS) is 14.8. The van der Waals surface area contributed by atoms with Gasteiger partial charge in [0.15, 0.2) is 0 Å². The average Bonchev–Trinajstić information content (AvgIpc) is 3.18. The number of hydrogen-bond donors (Lipinski definition) is 0. The van der Waals surface area contributed by atoms with E-state index in [1.54, 1.807) is 12.1 Å². The maximum Gasteiger partial charge on any atom is 0.250 e. The van der Waals surface area contributed by atoms with Crippen molar-refractivity contribution in [1.82, 2.24) is 20.2 Å². The number of hydrogen-bond acceptors (Lipinski definition) is 4. The molecule has 0 radical (unpaired) electrons. The maximum absolute atomic E-state index is 13.2. The minimum Gasteiger partial charge on any atom is -0.308 e. The van der Waals surface area contributed by atoms with Gasteiger partial charge in [-0.2, -0.15) is 4.80 Å². The lowest BCUT2D eigenvalue weighted by Crippen LogP contribution is -2.43. The average molecular weight is 396 g/mol. The Morgan fingerprint density at radius 2 is 1.86 bits per heavy atom. The van der Waals surface area contributed by atoms with Crippen LogP contribution in [0, 0.1) is 0 Å². The Balaban J connectivity index is 1.54. The fourth-order valence-corrected chi connectivity index (χ4v) is 3.93. The van der Waals surface area contributed by atoms with Gasteiger partial charge >= 0.3 is 0 Å². The number of amides is 1. The van der Waals surface area contributed by atoms with Crippen LogP contribution in [0.4, 0.5) is 5.69 Å². The van der Waals surface area contributed by atoms with Crippen molar-refractivity contribution in [3.8, 4) is 11.4 Å². The second-order valence-corrected chi connectivity index (χ2v) is 7.48. The highest BCUT2D eigenvalue weighted by Crippen LogP contribution is 2.27. The van der Waals surface area contributed by atoms with Crippen LogP contribution < -0.4 is 4.90 Å². The Morgan fingerprint density at radius 3 is 2.61 bits per heavy atom. The van der Waals surface area contributed by atoms with Gasteiger partial charge in [-0.25, -0.2) is 0 Å². The molecule has 144 valence electrons. The fraction of sp³-hybridized carbons (Fsp3) is 0.333. The van der Waals surface area contributed by atoms with Crippen molar-refractivity contribution >= 4 is 23.2 Å². The van der Waals surface area contributed by atoms with Gasteiger partial charge in [-0.1, -0.05) is 61.2 Å². The van der Waals surface area contributed by atoms with Gasteiger partial charge in [0.25, 0.3) is 5.91 Å². The smallest absolute Gasteiger partial charge is 0.250 e. The Labute approximate surface area is 169 Å². The molecule has 0 spiro atoms. The molecular weight excluding hydrogens is 374 g/mol. The first-order chi connectivity index (χ1) is 13.7. The van der Waals surface area contributed by atoms with E-state index >= 15 is 0 Å². The molecule has 0 aliphatic heterocycles. The van der Waals surface area contributed by atoms with E-state index in [0.717, 1.165) is 36.9 Å². The lowest BCUT2D eigenvalue weighted by Gasteiger charge is -2.34. The van der Waals surface area contributed by atoms with E-state index in [-0.39, 0.29) is 18.5 Å². The molecule has 1 aliphatic carbocycles. The number of benzene rings is 2. The van der Waals surface area contributed by atoms with Gasteiger partial charge in [-0.15, -0.1) is 10.2 Å². The molecule has 28 heavy (non-hydrogen) atoms. The maximum atomic E-state index is 13.2. The topological polar surface area (TPSA) is 63.9 Å². The molecule has 7 heteroatoms. The molecule has 1 amide bonds. The largest absolute Gasteiger partial charge is 0.308 e. The Bertz CT molecular complexity index is 937. The Kier molecular flexibility index (Phi) is 5.67. The minimum absolute atomic E-state index is 0.0202. The van der Waals surface area contributed by atoms with Crippen LogP contribution in [0.15, 0.2) is 54.6 Å². The van der Waals surface area contributed by atoms with Crippen LogP contribution in [0.1, 0.15) is 32.1 Å². The predicted octanol–water partition coefficient (Wildman–Crippen LogP) is 4.36. The van der Waals surface area contributed by atoms with Crippen LogP contribution in [0.5, 0.6) is 0 Å². The number of carbonyl (C=O) groups is 1. The number of carbonyl (C=O) groups excluding carboxylic acids is 1. The monoisotopic (exact) mass is 395 g/mol. The van der Waals surface area contributed by atoms with Gasteiger partial charge in [-0.3, -0.25) is 4.79 Å². The summed E-state index contributed by atoms with van der Waals surface area (Å²) in [6.45, 7) is 0.0545. The van der Waals surface area contributed by atoms with Crippen molar-refractivity contribution in [2.24, 2.45) is 0 Å². The summed E-state index contributed by atoms with van der Waals surface area (Å²) in [6.07, 6.45) is 5.60. The molecule has 1 aromatic heterocycles. The number of aromatic nitrogens is 4. The standard InChI is InChI=1S/C21H22ClN5O/c22-17-9-7-8-16(14-17)21-23-25-26(24-21)15-20(28)27(18-10-3-1-4-11-18)19-12-5-2-6-13-19/h1,3-4,7-11,14,19H,2,5-6,12-13,15H2. The second kappa shape index (κ2) is 8.52. The third-order valence-electron chi connectivity index (χ3n) is 5.06. The van der Waals surface area contributed by atoms with Gasteiger partial charge in [0.05, 0.1) is 0 Å². The number of para-hydroxylation sites is 1. The lowest BCUT2D eigenvalue weighted by atomic mass is 9.93. The molecule has 0 atom stereocenters. The van der Waals surface area contributed by atoms with E-state index in [9.17, 15) is 4.79 Å². The number of nitrogens with zero attached hydrogens (tertiary/aromatic N) is 5. The Hall–Kier alpha value is -2.73. The van der Waals surface area contributed by atoms with Crippen LogP contribution in [0.3, 0.4) is 0 Å². The molecule has 1 aliphatic rings. The van der Waals surface area contributed by atoms with Gasteiger partial charge < -0.3 is 4.90 Å². The highest BCUT2D eigenvalue weighted by Gasteiger charge is 2.27. The summed E-state index contributed by atoms with van der Waals surface area (Å²) in [6, 6.07) is 17.4. The molecule has 2 aromatic carbocycles. The van der Waals surface area contributed by atoms with Crippen LogP contribution in [0.2, 0.25) is 5.02 Å². The van der Waals surface area contributed by atoms with E-state index in [1.165, 1.54) is 11.2 Å². The van der Waals surface area contributed by atoms with Crippen molar-refractivity contribution in [2.75, 3.05) is 4.90 Å². The molecule has 1 fully saturated rings. The van der Waals surface area contributed by atoms with Gasteiger partial charge in [0.2, 0.25) is 5.82 Å². The molecule has 0 saturated heterocycles.